The van der Waals surface area contributed by atoms with Gasteiger partial charge in [-0.3, -0.25) is 19.2 Å². The number of carbonyl (C=O) groups is 4. The maximum Gasteiger partial charge on any atom is 0.271 e. The Morgan fingerprint density at radius 2 is 2.00 bits per heavy atom. The first-order chi connectivity index (χ1) is 16.5. The van der Waals surface area contributed by atoms with Gasteiger partial charge in [-0.2, -0.15) is 0 Å². The van der Waals surface area contributed by atoms with Gasteiger partial charge >= 0.3 is 0 Å². The largest absolute Gasteiger partial charge is 0.389 e. The minimum atomic E-state index is -0.961. The van der Waals surface area contributed by atoms with Gasteiger partial charge in [0.1, 0.15) is 18.3 Å². The second-order valence-corrected chi connectivity index (χ2v) is 9.73. The Bertz CT molecular complexity index is 1090. The Labute approximate surface area is 197 Å². The number of benzene rings is 1. The molecule has 2 saturated heterocycles. The maximum absolute atomic E-state index is 13.5. The van der Waals surface area contributed by atoms with Gasteiger partial charge in [-0.1, -0.05) is 24.6 Å². The monoisotopic (exact) mass is 466 g/mol. The summed E-state index contributed by atoms with van der Waals surface area (Å²) in [4.78, 5) is 56.3. The minimum absolute atomic E-state index is 0.0352. The fourth-order valence-corrected chi connectivity index (χ4v) is 5.99. The molecule has 1 saturated carbocycles. The molecule has 0 radical (unpaired) electrons. The van der Waals surface area contributed by atoms with Crippen molar-refractivity contribution in [2.24, 2.45) is 17.8 Å². The quantitative estimate of drug-likeness (QED) is 0.483. The van der Waals surface area contributed by atoms with Crippen LogP contribution >= 0.6 is 0 Å². The van der Waals surface area contributed by atoms with Crippen LogP contribution in [0.25, 0.3) is 10.9 Å². The first-order valence-corrected chi connectivity index (χ1v) is 12.1. The summed E-state index contributed by atoms with van der Waals surface area (Å²) in [5.41, 5.74) is 1.29. The Kier molecular flexibility index (Phi) is 6.12. The Morgan fingerprint density at radius 3 is 2.74 bits per heavy atom. The molecule has 3 amide bonds. The third-order valence-electron chi connectivity index (χ3n) is 7.72. The molecule has 2 aromatic rings. The average Bonchev–Trinajstić information content (AvgIpc) is 3.61. The number of Topliss-reactive ketones (excluding diaryl/α,β-unsaturated/α-hetero) is 1. The highest BCUT2D eigenvalue weighted by molar-refractivity contribution is 6.01. The number of carbonyl (C=O) groups excluding carboxylic acids is 4. The molecule has 4 N–H and O–H groups in total. The van der Waals surface area contributed by atoms with Crippen molar-refractivity contribution in [3.8, 4) is 0 Å². The molecule has 1 aromatic carbocycles. The number of amides is 3. The third-order valence-corrected chi connectivity index (χ3v) is 7.72. The maximum atomic E-state index is 13.5. The SMILES string of the molecule is O=C1NCC[C@H]1C[C@H](NC(=O)[C@H]1[C@H]2CCC[C@H]2CN1C(=O)c1cc2ccccc2[nH]1)C(=O)CO. The lowest BCUT2D eigenvalue weighted by atomic mass is 9.92. The molecule has 0 bridgehead atoms. The summed E-state index contributed by atoms with van der Waals surface area (Å²) in [6.45, 7) is 0.324. The van der Waals surface area contributed by atoms with E-state index in [9.17, 15) is 24.3 Å². The van der Waals surface area contributed by atoms with E-state index in [1.54, 1.807) is 11.0 Å². The molecule has 9 nitrogen and oxygen atoms in total. The molecule has 3 aliphatic rings. The van der Waals surface area contributed by atoms with Crippen molar-refractivity contribution in [3.63, 3.8) is 0 Å². The first-order valence-electron chi connectivity index (χ1n) is 12.1. The summed E-state index contributed by atoms with van der Waals surface area (Å²) in [7, 11) is 0. The normalized spacial score (nSPS) is 27.0. The van der Waals surface area contributed by atoms with Gasteiger partial charge in [-0.25, -0.2) is 0 Å². The second kappa shape index (κ2) is 9.21. The number of H-pyrrole nitrogens is 1. The van der Waals surface area contributed by atoms with Crippen LogP contribution in [0.2, 0.25) is 0 Å². The van der Waals surface area contributed by atoms with Gasteiger partial charge in [0.15, 0.2) is 5.78 Å². The summed E-state index contributed by atoms with van der Waals surface area (Å²) in [5, 5.41) is 15.9. The lowest BCUT2D eigenvalue weighted by Gasteiger charge is -2.29. The van der Waals surface area contributed by atoms with Crippen molar-refractivity contribution in [3.05, 3.63) is 36.0 Å². The molecular weight excluding hydrogens is 436 g/mol. The minimum Gasteiger partial charge on any atom is -0.389 e. The van der Waals surface area contributed by atoms with Gasteiger partial charge in [-0.05, 0) is 49.7 Å². The number of ketones is 1. The standard InChI is InChI=1S/C25H30N4O5/c30-13-21(31)19(11-15-8-9-26-23(15)32)28-24(33)22-17-6-3-5-16(17)12-29(22)25(34)20-10-14-4-1-2-7-18(14)27-20/h1-2,4,7,10,15-17,19,22,27,30H,3,5-6,8-9,11-13H2,(H,26,32)(H,28,33)/t15-,16-,17-,19-,22+/m0/s1. The van der Waals surface area contributed by atoms with Gasteiger partial charge in [0.25, 0.3) is 5.91 Å². The molecular formula is C25H30N4O5. The lowest BCUT2D eigenvalue weighted by molar-refractivity contribution is -0.133. The molecule has 1 aromatic heterocycles. The smallest absolute Gasteiger partial charge is 0.271 e. The van der Waals surface area contributed by atoms with Crippen molar-refractivity contribution in [2.45, 2.75) is 44.2 Å². The summed E-state index contributed by atoms with van der Waals surface area (Å²) in [6.07, 6.45) is 3.56. The van der Waals surface area contributed by atoms with Crippen LogP contribution in [-0.2, 0) is 14.4 Å². The number of nitrogens with zero attached hydrogens (tertiary/aromatic N) is 1. The van der Waals surface area contributed by atoms with E-state index >= 15 is 0 Å². The number of para-hydroxylation sites is 1. The molecule has 2 aliphatic heterocycles. The number of nitrogens with one attached hydrogen (secondary N) is 3. The topological polar surface area (TPSA) is 132 Å². The summed E-state index contributed by atoms with van der Waals surface area (Å²) in [6, 6.07) is 7.79. The zero-order valence-electron chi connectivity index (χ0n) is 19.0. The molecule has 180 valence electrons. The van der Waals surface area contributed by atoms with E-state index < -0.39 is 24.5 Å². The molecule has 3 heterocycles. The number of rotatable bonds is 7. The van der Waals surface area contributed by atoms with Crippen molar-refractivity contribution in [2.75, 3.05) is 19.7 Å². The lowest BCUT2D eigenvalue weighted by Crippen LogP contribution is -2.53. The van der Waals surface area contributed by atoms with Crippen LogP contribution in [0.4, 0.5) is 0 Å². The first kappa shape index (κ1) is 22.6. The molecule has 1 aliphatic carbocycles. The predicted molar refractivity (Wildman–Crippen MR) is 124 cm³/mol. The highest BCUT2D eigenvalue weighted by Crippen LogP contribution is 2.43. The van der Waals surface area contributed by atoms with Gasteiger partial charge in [0.05, 0.1) is 6.04 Å². The van der Waals surface area contributed by atoms with E-state index in [1.165, 1.54) is 0 Å². The van der Waals surface area contributed by atoms with Crippen LogP contribution in [0.1, 0.15) is 42.6 Å². The highest BCUT2D eigenvalue weighted by atomic mass is 16.3. The number of hydrogen-bond acceptors (Lipinski definition) is 5. The average molecular weight is 467 g/mol. The van der Waals surface area contributed by atoms with Crippen molar-refractivity contribution >= 4 is 34.4 Å². The molecule has 34 heavy (non-hydrogen) atoms. The molecule has 5 atom stereocenters. The summed E-state index contributed by atoms with van der Waals surface area (Å²) < 4.78 is 0. The second-order valence-electron chi connectivity index (χ2n) is 9.73. The Morgan fingerprint density at radius 1 is 1.18 bits per heavy atom. The number of aliphatic hydroxyl groups is 1. The van der Waals surface area contributed by atoms with Crippen LogP contribution < -0.4 is 10.6 Å². The van der Waals surface area contributed by atoms with Crippen LogP contribution in [0.3, 0.4) is 0 Å². The molecule has 0 unspecified atom stereocenters. The zero-order chi connectivity index (χ0) is 23.8. The van der Waals surface area contributed by atoms with E-state index in [2.05, 4.69) is 15.6 Å². The molecule has 9 heteroatoms. The fraction of sp³-hybridized carbons (Fsp3) is 0.520. The predicted octanol–water partition coefficient (Wildman–Crippen LogP) is 0.981. The number of aliphatic hydroxyl groups excluding tert-OH is 1. The molecule has 3 fully saturated rings. The van der Waals surface area contributed by atoms with Gasteiger partial charge < -0.3 is 25.6 Å². The van der Waals surface area contributed by atoms with Crippen LogP contribution in [0.5, 0.6) is 0 Å². The van der Waals surface area contributed by atoms with Crippen molar-refractivity contribution in [1.82, 2.24) is 20.5 Å². The van der Waals surface area contributed by atoms with Gasteiger partial charge in [0, 0.05) is 29.9 Å². The zero-order valence-corrected chi connectivity index (χ0v) is 19.0. The summed E-state index contributed by atoms with van der Waals surface area (Å²) >= 11 is 0. The van der Waals surface area contributed by atoms with E-state index in [1.807, 2.05) is 24.3 Å². The van der Waals surface area contributed by atoms with Crippen molar-refractivity contribution in [1.29, 1.82) is 0 Å². The van der Waals surface area contributed by atoms with E-state index in [0.717, 1.165) is 30.2 Å². The van der Waals surface area contributed by atoms with Crippen LogP contribution in [-0.4, -0.2) is 70.3 Å². The van der Waals surface area contributed by atoms with E-state index in [-0.39, 0.29) is 41.9 Å². The fourth-order valence-electron chi connectivity index (χ4n) is 5.99. The van der Waals surface area contributed by atoms with E-state index in [0.29, 0.717) is 25.2 Å². The summed E-state index contributed by atoms with van der Waals surface area (Å²) in [5.74, 6) is -1.38. The number of aromatic nitrogens is 1. The van der Waals surface area contributed by atoms with Crippen LogP contribution in [0, 0.1) is 17.8 Å². The van der Waals surface area contributed by atoms with Gasteiger partial charge in [-0.15, -0.1) is 0 Å². The Hall–Kier alpha value is -3.20. The number of likely N-dealkylation sites (tertiary alicyclic amines) is 1. The Balaban J connectivity index is 1.38. The highest BCUT2D eigenvalue weighted by Gasteiger charge is 2.50. The number of aromatic amines is 1. The third kappa shape index (κ3) is 4.09. The number of hydrogen-bond donors (Lipinski definition) is 4. The van der Waals surface area contributed by atoms with Crippen molar-refractivity contribution < 1.29 is 24.3 Å². The molecule has 5 rings (SSSR count). The number of fused-ring (bicyclic) bond motifs is 2. The molecule has 0 spiro atoms. The van der Waals surface area contributed by atoms with Crippen LogP contribution in [0.15, 0.2) is 30.3 Å². The van der Waals surface area contributed by atoms with E-state index in [4.69, 9.17) is 0 Å². The van der Waals surface area contributed by atoms with Gasteiger partial charge in [0.2, 0.25) is 11.8 Å².